The van der Waals surface area contributed by atoms with Crippen LogP contribution >= 0.6 is 11.8 Å². The molecule has 0 spiro atoms. The molecule has 2 rings (SSSR count). The number of thioether (sulfide) groups is 1. The predicted octanol–water partition coefficient (Wildman–Crippen LogP) is 1.78. The van der Waals surface area contributed by atoms with E-state index in [0.29, 0.717) is 12.1 Å². The molecule has 1 saturated carbocycles. The molecule has 0 bridgehead atoms. The maximum absolute atomic E-state index is 11.6. The van der Waals surface area contributed by atoms with Crippen LogP contribution in [0.15, 0.2) is 9.95 Å². The van der Waals surface area contributed by atoms with Gasteiger partial charge in [-0.2, -0.15) is 0 Å². The van der Waals surface area contributed by atoms with Crippen molar-refractivity contribution in [1.82, 2.24) is 20.1 Å². The maximum Gasteiger partial charge on any atom is 0.344 e. The van der Waals surface area contributed by atoms with Gasteiger partial charge in [-0.3, -0.25) is 4.57 Å². The van der Waals surface area contributed by atoms with Crippen molar-refractivity contribution < 1.29 is 0 Å². The zero-order valence-electron chi connectivity index (χ0n) is 11.1. The zero-order chi connectivity index (χ0) is 13.0. The van der Waals surface area contributed by atoms with E-state index in [1.165, 1.54) is 12.8 Å². The number of nitrogens with zero attached hydrogens (tertiary/aromatic N) is 2. The molecule has 5 nitrogen and oxygen atoms in total. The van der Waals surface area contributed by atoms with E-state index >= 15 is 0 Å². The van der Waals surface area contributed by atoms with Crippen LogP contribution in [0.25, 0.3) is 0 Å². The fourth-order valence-corrected chi connectivity index (χ4v) is 3.22. The van der Waals surface area contributed by atoms with Crippen LogP contribution in [0.3, 0.4) is 0 Å². The van der Waals surface area contributed by atoms with Crippen LogP contribution in [0.5, 0.6) is 0 Å². The zero-order valence-corrected chi connectivity index (χ0v) is 11.9. The third-order valence-electron chi connectivity index (χ3n) is 3.13. The molecule has 1 heterocycles. The van der Waals surface area contributed by atoms with Crippen molar-refractivity contribution in [3.8, 4) is 0 Å². The van der Waals surface area contributed by atoms with Gasteiger partial charge in [0.15, 0.2) is 5.16 Å². The van der Waals surface area contributed by atoms with E-state index in [-0.39, 0.29) is 5.69 Å². The molecule has 0 saturated heterocycles. The average Bonchev–Trinajstić information content (AvgIpc) is 3.11. The SMILES string of the molecule is CCCC(CSc1n[nH]c(=O)n1C1CC1)NCC. The summed E-state index contributed by atoms with van der Waals surface area (Å²) in [4.78, 5) is 11.6. The van der Waals surface area contributed by atoms with Crippen LogP contribution in [0.1, 0.15) is 45.6 Å². The number of H-pyrrole nitrogens is 1. The highest BCUT2D eigenvalue weighted by Gasteiger charge is 2.28. The third kappa shape index (κ3) is 3.38. The minimum absolute atomic E-state index is 0.0597. The summed E-state index contributed by atoms with van der Waals surface area (Å²) in [5.74, 6) is 0.971. The number of rotatable bonds is 8. The van der Waals surface area contributed by atoms with Crippen molar-refractivity contribution in [1.29, 1.82) is 0 Å². The summed E-state index contributed by atoms with van der Waals surface area (Å²) >= 11 is 1.68. The van der Waals surface area contributed by atoms with Crippen LogP contribution in [0.2, 0.25) is 0 Å². The van der Waals surface area contributed by atoms with E-state index in [0.717, 1.165) is 30.3 Å². The molecular formula is C12H22N4OS. The highest BCUT2D eigenvalue weighted by atomic mass is 32.2. The first kappa shape index (κ1) is 13.7. The number of hydrogen-bond donors (Lipinski definition) is 2. The minimum atomic E-state index is -0.0597. The molecule has 1 aromatic rings. The molecule has 2 N–H and O–H groups in total. The Morgan fingerprint density at radius 1 is 1.56 bits per heavy atom. The molecule has 18 heavy (non-hydrogen) atoms. The molecule has 1 aliphatic carbocycles. The molecule has 1 aliphatic rings. The largest absolute Gasteiger partial charge is 0.344 e. The number of hydrogen-bond acceptors (Lipinski definition) is 4. The van der Waals surface area contributed by atoms with Gasteiger partial charge in [0, 0.05) is 17.8 Å². The van der Waals surface area contributed by atoms with Gasteiger partial charge in [-0.15, -0.1) is 5.10 Å². The second kappa shape index (κ2) is 6.43. The minimum Gasteiger partial charge on any atom is -0.313 e. The Hall–Kier alpha value is -0.750. The van der Waals surface area contributed by atoms with Crippen LogP contribution in [-0.2, 0) is 0 Å². The number of aromatic amines is 1. The predicted molar refractivity (Wildman–Crippen MR) is 74.2 cm³/mol. The molecule has 0 aromatic carbocycles. The van der Waals surface area contributed by atoms with Crippen molar-refractivity contribution in [2.75, 3.05) is 12.3 Å². The lowest BCUT2D eigenvalue weighted by Crippen LogP contribution is -2.31. The lowest BCUT2D eigenvalue weighted by Gasteiger charge is -2.16. The van der Waals surface area contributed by atoms with E-state index in [1.54, 1.807) is 11.8 Å². The quantitative estimate of drug-likeness (QED) is 0.707. The van der Waals surface area contributed by atoms with Gasteiger partial charge in [-0.05, 0) is 25.8 Å². The summed E-state index contributed by atoms with van der Waals surface area (Å²) in [6.07, 6.45) is 4.56. The van der Waals surface area contributed by atoms with Gasteiger partial charge in [-0.1, -0.05) is 32.0 Å². The van der Waals surface area contributed by atoms with Crippen molar-refractivity contribution >= 4 is 11.8 Å². The first-order chi connectivity index (χ1) is 8.76. The molecule has 1 aromatic heterocycles. The van der Waals surface area contributed by atoms with Gasteiger partial charge >= 0.3 is 5.69 Å². The second-order valence-corrected chi connectivity index (χ2v) is 5.75. The molecule has 0 radical (unpaired) electrons. The van der Waals surface area contributed by atoms with Crippen molar-refractivity contribution in [3.63, 3.8) is 0 Å². The monoisotopic (exact) mass is 270 g/mol. The number of aromatic nitrogens is 3. The summed E-state index contributed by atoms with van der Waals surface area (Å²) in [6, 6.07) is 0.895. The molecule has 0 aliphatic heterocycles. The molecular weight excluding hydrogens is 248 g/mol. The highest BCUT2D eigenvalue weighted by Crippen LogP contribution is 2.36. The molecule has 102 valence electrons. The topological polar surface area (TPSA) is 62.7 Å². The van der Waals surface area contributed by atoms with Crippen molar-refractivity contribution in [2.45, 2.75) is 56.8 Å². The lowest BCUT2D eigenvalue weighted by atomic mass is 10.2. The first-order valence-corrected chi connectivity index (χ1v) is 7.77. The summed E-state index contributed by atoms with van der Waals surface area (Å²) in [5.41, 5.74) is -0.0597. The van der Waals surface area contributed by atoms with Gasteiger partial charge in [0.2, 0.25) is 0 Å². The van der Waals surface area contributed by atoms with E-state index in [1.807, 2.05) is 4.57 Å². The Morgan fingerprint density at radius 3 is 2.94 bits per heavy atom. The first-order valence-electron chi connectivity index (χ1n) is 6.79. The number of nitrogens with one attached hydrogen (secondary N) is 2. The molecule has 1 fully saturated rings. The van der Waals surface area contributed by atoms with E-state index in [9.17, 15) is 4.79 Å². The van der Waals surface area contributed by atoms with Crippen LogP contribution in [0, 0.1) is 0 Å². The molecule has 0 amide bonds. The summed E-state index contributed by atoms with van der Waals surface area (Å²) < 4.78 is 1.82. The standard InChI is InChI=1S/C12H22N4OS/c1-3-5-9(13-4-2)8-18-12-15-14-11(17)16(12)10-6-7-10/h9-10,13H,3-8H2,1-2H3,(H,14,17). The van der Waals surface area contributed by atoms with E-state index < -0.39 is 0 Å². The van der Waals surface area contributed by atoms with Crippen LogP contribution in [0.4, 0.5) is 0 Å². The fraction of sp³-hybridized carbons (Fsp3) is 0.833. The Morgan fingerprint density at radius 2 is 2.33 bits per heavy atom. The van der Waals surface area contributed by atoms with Crippen LogP contribution < -0.4 is 11.0 Å². The third-order valence-corrected chi connectivity index (χ3v) is 4.24. The van der Waals surface area contributed by atoms with Crippen molar-refractivity contribution in [3.05, 3.63) is 10.5 Å². The maximum atomic E-state index is 11.6. The Labute approximate surface area is 112 Å². The van der Waals surface area contributed by atoms with Gasteiger partial charge < -0.3 is 5.32 Å². The smallest absolute Gasteiger partial charge is 0.313 e. The summed E-state index contributed by atoms with van der Waals surface area (Å²) in [7, 11) is 0. The Bertz CT molecular complexity index is 418. The Balaban J connectivity index is 1.94. The summed E-state index contributed by atoms with van der Waals surface area (Å²) in [6.45, 7) is 5.31. The van der Waals surface area contributed by atoms with Gasteiger partial charge in [-0.25, -0.2) is 9.89 Å². The molecule has 1 atom stereocenters. The summed E-state index contributed by atoms with van der Waals surface area (Å²) in [5, 5.41) is 11.0. The fourth-order valence-electron chi connectivity index (χ4n) is 2.10. The van der Waals surface area contributed by atoms with E-state index in [2.05, 4.69) is 29.4 Å². The normalized spacial score (nSPS) is 17.0. The lowest BCUT2D eigenvalue weighted by molar-refractivity contribution is 0.530. The Kier molecular flexibility index (Phi) is 4.88. The molecule has 6 heteroatoms. The van der Waals surface area contributed by atoms with E-state index in [4.69, 9.17) is 0 Å². The van der Waals surface area contributed by atoms with Crippen molar-refractivity contribution in [2.24, 2.45) is 0 Å². The second-order valence-electron chi connectivity index (χ2n) is 4.77. The highest BCUT2D eigenvalue weighted by molar-refractivity contribution is 7.99. The van der Waals surface area contributed by atoms with Gasteiger partial charge in [0.1, 0.15) is 0 Å². The molecule has 1 unspecified atom stereocenters. The van der Waals surface area contributed by atoms with Gasteiger partial charge in [0.25, 0.3) is 0 Å². The average molecular weight is 270 g/mol. The van der Waals surface area contributed by atoms with Gasteiger partial charge in [0.05, 0.1) is 0 Å². The van der Waals surface area contributed by atoms with Crippen LogP contribution in [-0.4, -0.2) is 33.1 Å².